The number of benzene rings is 1. The first-order chi connectivity index (χ1) is 11.6. The summed E-state index contributed by atoms with van der Waals surface area (Å²) >= 11 is 6.01. The molecule has 24 heavy (non-hydrogen) atoms. The number of rotatable bonds is 6. The van der Waals surface area contributed by atoms with E-state index < -0.39 is 0 Å². The van der Waals surface area contributed by atoms with E-state index in [1.807, 2.05) is 6.92 Å². The number of carbonyl (C=O) groups excluding carboxylic acids is 2. The third kappa shape index (κ3) is 3.94. The van der Waals surface area contributed by atoms with Crippen molar-refractivity contribution in [2.24, 2.45) is 5.92 Å². The maximum Gasteiger partial charge on any atom is 0.258 e. The summed E-state index contributed by atoms with van der Waals surface area (Å²) in [5, 5.41) is 10.2. The van der Waals surface area contributed by atoms with Gasteiger partial charge in [-0.1, -0.05) is 11.6 Å². The van der Waals surface area contributed by atoms with Crippen LogP contribution in [-0.4, -0.2) is 28.1 Å². The van der Waals surface area contributed by atoms with Crippen molar-refractivity contribution in [3.63, 3.8) is 0 Å². The topological polar surface area (TPSA) is 76.0 Å². The van der Waals surface area contributed by atoms with Gasteiger partial charge in [0, 0.05) is 24.3 Å². The SMILES string of the molecule is CCn1cc(C(=O)Nc2ccc(Cl)cc2C(=O)NCC2CC2)cn1. The number of hydrogen-bond donors (Lipinski definition) is 2. The fourth-order valence-electron chi connectivity index (χ4n) is 2.32. The molecule has 0 bridgehead atoms. The van der Waals surface area contributed by atoms with Crippen molar-refractivity contribution in [1.29, 1.82) is 0 Å². The molecule has 2 N–H and O–H groups in total. The highest BCUT2D eigenvalue weighted by Gasteiger charge is 2.23. The molecule has 2 amide bonds. The van der Waals surface area contributed by atoms with Gasteiger partial charge in [-0.2, -0.15) is 5.10 Å². The molecule has 1 aromatic carbocycles. The molecule has 0 spiro atoms. The second-order valence-corrected chi connectivity index (χ2v) is 6.32. The summed E-state index contributed by atoms with van der Waals surface area (Å²) in [4.78, 5) is 24.7. The van der Waals surface area contributed by atoms with Crippen LogP contribution in [0.3, 0.4) is 0 Å². The summed E-state index contributed by atoms with van der Waals surface area (Å²) < 4.78 is 1.67. The minimum Gasteiger partial charge on any atom is -0.352 e. The molecule has 2 aromatic rings. The molecule has 6 nitrogen and oxygen atoms in total. The summed E-state index contributed by atoms with van der Waals surface area (Å²) in [5.41, 5.74) is 1.23. The Morgan fingerprint density at radius 2 is 2.12 bits per heavy atom. The Balaban J connectivity index is 1.76. The molecule has 1 aliphatic rings. The molecular formula is C17H19ClN4O2. The fraction of sp³-hybridized carbons (Fsp3) is 0.353. The van der Waals surface area contributed by atoms with Gasteiger partial charge in [-0.25, -0.2) is 0 Å². The van der Waals surface area contributed by atoms with Gasteiger partial charge in [0.05, 0.1) is 23.0 Å². The van der Waals surface area contributed by atoms with Gasteiger partial charge in [-0.3, -0.25) is 14.3 Å². The average Bonchev–Trinajstić information content (AvgIpc) is 3.28. The summed E-state index contributed by atoms with van der Waals surface area (Å²) in [5.74, 6) is 0.0308. The summed E-state index contributed by atoms with van der Waals surface area (Å²) in [7, 11) is 0. The van der Waals surface area contributed by atoms with Gasteiger partial charge in [-0.05, 0) is 43.9 Å². The van der Waals surface area contributed by atoms with E-state index in [-0.39, 0.29) is 11.8 Å². The highest BCUT2D eigenvalue weighted by Crippen LogP contribution is 2.28. The number of nitrogens with zero attached hydrogens (tertiary/aromatic N) is 2. The highest BCUT2D eigenvalue weighted by atomic mass is 35.5. The van der Waals surface area contributed by atoms with E-state index in [2.05, 4.69) is 15.7 Å². The summed E-state index contributed by atoms with van der Waals surface area (Å²) in [6, 6.07) is 4.84. The van der Waals surface area contributed by atoms with Crippen LogP contribution in [0.5, 0.6) is 0 Å². The molecule has 0 radical (unpaired) electrons. The number of halogens is 1. The molecule has 126 valence electrons. The van der Waals surface area contributed by atoms with Crippen molar-refractivity contribution in [2.45, 2.75) is 26.3 Å². The van der Waals surface area contributed by atoms with Gasteiger partial charge in [0.1, 0.15) is 0 Å². The Labute approximate surface area is 145 Å². The summed E-state index contributed by atoms with van der Waals surface area (Å²) in [6.07, 6.45) is 5.47. The van der Waals surface area contributed by atoms with Crippen LogP contribution in [0.2, 0.25) is 5.02 Å². The molecule has 0 atom stereocenters. The third-order valence-corrected chi connectivity index (χ3v) is 4.18. The lowest BCUT2D eigenvalue weighted by Crippen LogP contribution is -2.27. The quantitative estimate of drug-likeness (QED) is 0.844. The van der Waals surface area contributed by atoms with Crippen molar-refractivity contribution in [2.75, 3.05) is 11.9 Å². The molecule has 1 aliphatic carbocycles. The Hall–Kier alpha value is -2.34. The normalized spacial score (nSPS) is 13.6. The average molecular weight is 347 g/mol. The van der Waals surface area contributed by atoms with Crippen LogP contribution in [0, 0.1) is 5.92 Å². The molecule has 7 heteroatoms. The standard InChI is InChI=1S/C17H19ClN4O2/c1-2-22-10-12(9-20-22)16(23)21-15-6-5-13(18)7-14(15)17(24)19-8-11-3-4-11/h5-7,9-11H,2-4,8H2,1H3,(H,19,24)(H,21,23). The summed E-state index contributed by atoms with van der Waals surface area (Å²) in [6.45, 7) is 3.28. The van der Waals surface area contributed by atoms with Crippen LogP contribution < -0.4 is 10.6 Å². The lowest BCUT2D eigenvalue weighted by Gasteiger charge is -2.11. The number of aromatic nitrogens is 2. The number of hydrogen-bond acceptors (Lipinski definition) is 3. The van der Waals surface area contributed by atoms with E-state index in [9.17, 15) is 9.59 Å². The monoisotopic (exact) mass is 346 g/mol. The van der Waals surface area contributed by atoms with Gasteiger partial charge in [-0.15, -0.1) is 0 Å². The number of nitrogens with one attached hydrogen (secondary N) is 2. The largest absolute Gasteiger partial charge is 0.352 e. The van der Waals surface area contributed by atoms with E-state index in [0.717, 1.165) is 12.8 Å². The van der Waals surface area contributed by atoms with Crippen LogP contribution in [-0.2, 0) is 6.54 Å². The van der Waals surface area contributed by atoms with Crippen LogP contribution in [0.4, 0.5) is 5.69 Å². The van der Waals surface area contributed by atoms with E-state index in [1.165, 1.54) is 6.20 Å². The number of amides is 2. The fourth-order valence-corrected chi connectivity index (χ4v) is 2.49. The van der Waals surface area contributed by atoms with Crippen molar-refractivity contribution in [3.05, 3.63) is 46.7 Å². The second kappa shape index (κ2) is 7.05. The first kappa shape index (κ1) is 16.5. The van der Waals surface area contributed by atoms with Crippen molar-refractivity contribution < 1.29 is 9.59 Å². The Kier molecular flexibility index (Phi) is 4.85. The van der Waals surface area contributed by atoms with Crippen LogP contribution in [0.1, 0.15) is 40.5 Å². The molecule has 3 rings (SSSR count). The number of anilines is 1. The predicted molar refractivity (Wildman–Crippen MR) is 92.4 cm³/mol. The third-order valence-electron chi connectivity index (χ3n) is 3.94. The van der Waals surface area contributed by atoms with Crippen molar-refractivity contribution in [3.8, 4) is 0 Å². The second-order valence-electron chi connectivity index (χ2n) is 5.88. The Bertz CT molecular complexity index is 768. The molecule has 1 fully saturated rings. The highest BCUT2D eigenvalue weighted by molar-refractivity contribution is 6.31. The maximum absolute atomic E-state index is 12.4. The van der Waals surface area contributed by atoms with Crippen molar-refractivity contribution in [1.82, 2.24) is 15.1 Å². The zero-order valence-electron chi connectivity index (χ0n) is 13.4. The smallest absolute Gasteiger partial charge is 0.258 e. The lowest BCUT2D eigenvalue weighted by molar-refractivity contribution is 0.0952. The van der Waals surface area contributed by atoms with E-state index in [1.54, 1.807) is 29.1 Å². The number of carbonyl (C=O) groups is 2. The molecule has 0 saturated heterocycles. The Morgan fingerprint density at radius 3 is 2.79 bits per heavy atom. The van der Waals surface area contributed by atoms with Gasteiger partial charge < -0.3 is 10.6 Å². The zero-order valence-corrected chi connectivity index (χ0v) is 14.1. The molecule has 0 unspecified atom stereocenters. The number of aryl methyl sites for hydroxylation is 1. The first-order valence-electron chi connectivity index (χ1n) is 7.98. The van der Waals surface area contributed by atoms with Gasteiger partial charge >= 0.3 is 0 Å². The zero-order chi connectivity index (χ0) is 17.1. The van der Waals surface area contributed by atoms with Gasteiger partial charge in [0.25, 0.3) is 11.8 Å². The van der Waals surface area contributed by atoms with E-state index in [0.29, 0.717) is 40.8 Å². The van der Waals surface area contributed by atoms with Crippen LogP contribution in [0.25, 0.3) is 0 Å². The first-order valence-corrected chi connectivity index (χ1v) is 8.36. The molecule has 1 saturated carbocycles. The maximum atomic E-state index is 12.4. The molecule has 0 aliphatic heterocycles. The minimum atomic E-state index is -0.312. The Morgan fingerprint density at radius 1 is 1.33 bits per heavy atom. The van der Waals surface area contributed by atoms with Crippen LogP contribution in [0.15, 0.2) is 30.6 Å². The lowest BCUT2D eigenvalue weighted by atomic mass is 10.1. The molecule has 1 aromatic heterocycles. The minimum absolute atomic E-state index is 0.232. The molecule has 1 heterocycles. The van der Waals surface area contributed by atoms with E-state index in [4.69, 9.17) is 11.6 Å². The van der Waals surface area contributed by atoms with Crippen molar-refractivity contribution >= 4 is 29.1 Å². The predicted octanol–water partition coefficient (Wildman–Crippen LogP) is 2.95. The molecular weight excluding hydrogens is 328 g/mol. The van der Waals surface area contributed by atoms with E-state index >= 15 is 0 Å². The van der Waals surface area contributed by atoms with Gasteiger partial charge in [0.15, 0.2) is 0 Å². The van der Waals surface area contributed by atoms with Crippen LogP contribution >= 0.6 is 11.6 Å². The van der Waals surface area contributed by atoms with Gasteiger partial charge in [0.2, 0.25) is 0 Å².